The second kappa shape index (κ2) is 5.65. The van der Waals surface area contributed by atoms with Crippen molar-refractivity contribution in [2.45, 2.75) is 0 Å². The second-order valence-corrected chi connectivity index (χ2v) is 5.65. The van der Waals surface area contributed by atoms with Crippen molar-refractivity contribution in [2.24, 2.45) is 0 Å². The molecule has 5 heteroatoms. The molecule has 0 fully saturated rings. The number of nitriles is 1. The van der Waals surface area contributed by atoms with Gasteiger partial charge in [-0.1, -0.05) is 23.7 Å². The quantitative estimate of drug-likeness (QED) is 0.656. The molecule has 0 bridgehead atoms. The predicted molar refractivity (Wildman–Crippen MR) is 82.7 cm³/mol. The highest BCUT2D eigenvalue weighted by molar-refractivity contribution is 7.13. The molecule has 0 saturated carbocycles. The van der Waals surface area contributed by atoms with E-state index in [0.29, 0.717) is 21.2 Å². The molecular weight excluding hydrogens is 307 g/mol. The number of thiazole rings is 1. The molecule has 21 heavy (non-hydrogen) atoms. The Hall–Kier alpha value is -2.22. The predicted octanol–water partition coefficient (Wildman–Crippen LogP) is 5.14. The van der Waals surface area contributed by atoms with Crippen molar-refractivity contribution in [3.05, 3.63) is 64.2 Å². The number of nitrogens with zero attached hydrogens (tertiary/aromatic N) is 2. The Balaban J connectivity index is 1.99. The highest BCUT2D eigenvalue weighted by atomic mass is 35.5. The molecular formula is C16H8ClFN2S. The van der Waals surface area contributed by atoms with E-state index in [2.05, 4.69) is 11.1 Å². The van der Waals surface area contributed by atoms with E-state index in [1.807, 2.05) is 17.5 Å². The van der Waals surface area contributed by atoms with Crippen LogP contribution in [0.15, 0.2) is 47.8 Å². The number of benzene rings is 2. The zero-order valence-electron chi connectivity index (χ0n) is 10.7. The van der Waals surface area contributed by atoms with Crippen molar-refractivity contribution in [3.8, 4) is 27.9 Å². The number of hydrogen-bond donors (Lipinski definition) is 0. The maximum atomic E-state index is 13.8. The van der Waals surface area contributed by atoms with Crippen LogP contribution in [0.3, 0.4) is 0 Å². The molecule has 0 aliphatic carbocycles. The van der Waals surface area contributed by atoms with Crippen molar-refractivity contribution in [2.75, 3.05) is 0 Å². The van der Waals surface area contributed by atoms with E-state index >= 15 is 0 Å². The Bertz CT molecular complexity index is 834. The lowest BCUT2D eigenvalue weighted by atomic mass is 10.1. The highest BCUT2D eigenvalue weighted by Crippen LogP contribution is 2.32. The summed E-state index contributed by atoms with van der Waals surface area (Å²) in [6, 6.07) is 13.6. The monoisotopic (exact) mass is 314 g/mol. The fourth-order valence-electron chi connectivity index (χ4n) is 1.91. The van der Waals surface area contributed by atoms with Crippen molar-refractivity contribution >= 4 is 22.9 Å². The molecule has 0 radical (unpaired) electrons. The molecule has 0 amide bonds. The fourth-order valence-corrected chi connectivity index (χ4v) is 2.93. The van der Waals surface area contributed by atoms with E-state index in [0.717, 1.165) is 11.3 Å². The molecule has 2 aromatic carbocycles. The van der Waals surface area contributed by atoms with Gasteiger partial charge in [0.2, 0.25) is 0 Å². The summed E-state index contributed by atoms with van der Waals surface area (Å²) in [5.41, 5.74) is 2.63. The summed E-state index contributed by atoms with van der Waals surface area (Å²) in [6.07, 6.45) is 0. The van der Waals surface area contributed by atoms with Gasteiger partial charge in [-0.2, -0.15) is 5.26 Å². The zero-order valence-corrected chi connectivity index (χ0v) is 12.2. The van der Waals surface area contributed by atoms with Gasteiger partial charge in [0.05, 0.1) is 17.3 Å². The van der Waals surface area contributed by atoms with Crippen LogP contribution in [-0.2, 0) is 0 Å². The van der Waals surface area contributed by atoms with Gasteiger partial charge in [-0.15, -0.1) is 11.3 Å². The molecule has 0 spiro atoms. The third-order valence-electron chi connectivity index (χ3n) is 2.97. The Morgan fingerprint density at radius 3 is 2.62 bits per heavy atom. The smallest absolute Gasteiger partial charge is 0.133 e. The Kier molecular flexibility index (Phi) is 3.70. The van der Waals surface area contributed by atoms with Crippen LogP contribution in [0.4, 0.5) is 4.39 Å². The topological polar surface area (TPSA) is 36.7 Å². The van der Waals surface area contributed by atoms with E-state index < -0.39 is 0 Å². The molecule has 0 atom stereocenters. The lowest BCUT2D eigenvalue weighted by Gasteiger charge is -2.00. The van der Waals surface area contributed by atoms with E-state index in [1.165, 1.54) is 23.5 Å². The van der Waals surface area contributed by atoms with Gasteiger partial charge in [0, 0.05) is 21.5 Å². The van der Waals surface area contributed by atoms with E-state index in [1.54, 1.807) is 18.2 Å². The van der Waals surface area contributed by atoms with Crippen LogP contribution in [0.1, 0.15) is 5.56 Å². The molecule has 3 aromatic rings. The molecule has 0 N–H and O–H groups in total. The Morgan fingerprint density at radius 1 is 1.14 bits per heavy atom. The maximum absolute atomic E-state index is 13.8. The van der Waals surface area contributed by atoms with E-state index in [9.17, 15) is 4.39 Å². The van der Waals surface area contributed by atoms with Crippen molar-refractivity contribution in [1.29, 1.82) is 5.26 Å². The minimum Gasteiger partial charge on any atom is -0.236 e. The SMILES string of the molecule is N#Cc1ccc(-c2csc(-c3cc(Cl)ccc3F)n2)cc1. The van der Waals surface area contributed by atoms with Gasteiger partial charge in [0.25, 0.3) is 0 Å². The molecule has 0 unspecified atom stereocenters. The van der Waals surface area contributed by atoms with E-state index in [-0.39, 0.29) is 5.82 Å². The summed E-state index contributed by atoms with van der Waals surface area (Å²) >= 11 is 7.26. The number of rotatable bonds is 2. The molecule has 0 aliphatic rings. The van der Waals surface area contributed by atoms with Crippen LogP contribution >= 0.6 is 22.9 Å². The Morgan fingerprint density at radius 2 is 1.90 bits per heavy atom. The van der Waals surface area contributed by atoms with Crippen molar-refractivity contribution in [3.63, 3.8) is 0 Å². The molecule has 102 valence electrons. The van der Waals surface area contributed by atoms with Crippen LogP contribution in [0.25, 0.3) is 21.8 Å². The first kappa shape index (κ1) is 13.7. The maximum Gasteiger partial charge on any atom is 0.133 e. The third-order valence-corrected chi connectivity index (χ3v) is 4.08. The van der Waals surface area contributed by atoms with Crippen LogP contribution in [0.2, 0.25) is 5.02 Å². The van der Waals surface area contributed by atoms with Crippen LogP contribution in [0, 0.1) is 17.1 Å². The molecule has 0 aliphatic heterocycles. The molecule has 1 aromatic heterocycles. The lowest BCUT2D eigenvalue weighted by molar-refractivity contribution is 0.631. The number of halogens is 2. The molecule has 1 heterocycles. The summed E-state index contributed by atoms with van der Waals surface area (Å²) in [6.45, 7) is 0. The third kappa shape index (κ3) is 2.80. The summed E-state index contributed by atoms with van der Waals surface area (Å²) in [7, 11) is 0. The van der Waals surface area contributed by atoms with E-state index in [4.69, 9.17) is 16.9 Å². The standard InChI is InChI=1S/C16H8ClFN2S/c17-12-5-6-14(18)13(7-12)16-20-15(9-21-16)11-3-1-10(8-19)2-4-11/h1-7,9H. The van der Waals surface area contributed by atoms with Gasteiger partial charge >= 0.3 is 0 Å². The first-order valence-corrected chi connectivity index (χ1v) is 7.34. The van der Waals surface area contributed by atoms with Crippen LogP contribution in [0.5, 0.6) is 0 Å². The van der Waals surface area contributed by atoms with Gasteiger partial charge < -0.3 is 0 Å². The van der Waals surface area contributed by atoms with Gasteiger partial charge in [-0.3, -0.25) is 0 Å². The highest BCUT2D eigenvalue weighted by Gasteiger charge is 2.11. The number of aromatic nitrogens is 1. The number of hydrogen-bond acceptors (Lipinski definition) is 3. The van der Waals surface area contributed by atoms with Gasteiger partial charge in [-0.25, -0.2) is 9.37 Å². The largest absolute Gasteiger partial charge is 0.236 e. The first-order valence-electron chi connectivity index (χ1n) is 6.09. The fraction of sp³-hybridized carbons (Fsp3) is 0. The van der Waals surface area contributed by atoms with Gasteiger partial charge in [-0.05, 0) is 30.3 Å². The summed E-state index contributed by atoms with van der Waals surface area (Å²) < 4.78 is 13.8. The second-order valence-electron chi connectivity index (χ2n) is 4.35. The van der Waals surface area contributed by atoms with Crippen molar-refractivity contribution in [1.82, 2.24) is 4.98 Å². The van der Waals surface area contributed by atoms with Gasteiger partial charge in [0.15, 0.2) is 0 Å². The average molecular weight is 315 g/mol. The Labute approximate surface area is 130 Å². The molecule has 0 saturated heterocycles. The van der Waals surface area contributed by atoms with Crippen LogP contribution in [-0.4, -0.2) is 4.98 Å². The minimum atomic E-state index is -0.347. The van der Waals surface area contributed by atoms with Crippen LogP contribution < -0.4 is 0 Å². The zero-order chi connectivity index (χ0) is 14.8. The summed E-state index contributed by atoms with van der Waals surface area (Å²) in [5.74, 6) is -0.347. The minimum absolute atomic E-state index is 0.347. The molecule has 3 rings (SSSR count). The molecule has 2 nitrogen and oxygen atoms in total. The van der Waals surface area contributed by atoms with Gasteiger partial charge in [0.1, 0.15) is 10.8 Å². The summed E-state index contributed by atoms with van der Waals surface area (Å²) in [4.78, 5) is 4.45. The lowest BCUT2D eigenvalue weighted by Crippen LogP contribution is -1.84. The first-order chi connectivity index (χ1) is 10.2. The average Bonchev–Trinajstić information content (AvgIpc) is 2.99. The normalized spacial score (nSPS) is 10.3. The summed E-state index contributed by atoms with van der Waals surface area (Å²) in [5, 5.41) is 11.7. The van der Waals surface area contributed by atoms with Crippen molar-refractivity contribution < 1.29 is 4.39 Å².